The van der Waals surface area contributed by atoms with Gasteiger partial charge in [0.15, 0.2) is 12.6 Å². The van der Waals surface area contributed by atoms with Crippen LogP contribution in [0.15, 0.2) is 0 Å². The zero-order chi connectivity index (χ0) is 34.4. The van der Waals surface area contributed by atoms with Crippen LogP contribution in [-0.4, -0.2) is 149 Å². The molecule has 10 N–H and O–H groups in total. The normalized spacial score (nSPS) is 58.7. The number of aliphatic hydroxyl groups excluding tert-OH is 9. The smallest absolute Gasteiger partial charge is 0.187 e. The minimum Gasteiger partial charge on any atom is -0.394 e. The summed E-state index contributed by atoms with van der Waals surface area (Å²) in [5, 5.41) is 108. The number of rotatable bonds is 6. The molecule has 0 amide bonds. The first-order valence-electron chi connectivity index (χ1n) is 17.4. The van der Waals surface area contributed by atoms with Gasteiger partial charge in [-0.05, 0) is 87.9 Å². The van der Waals surface area contributed by atoms with Gasteiger partial charge in [0.05, 0.1) is 42.7 Å². The van der Waals surface area contributed by atoms with E-state index < -0.39 is 103 Å². The van der Waals surface area contributed by atoms with E-state index in [0.29, 0.717) is 38.5 Å². The lowest BCUT2D eigenvalue weighted by Crippen LogP contribution is -2.72. The predicted molar refractivity (Wildman–Crippen MR) is 161 cm³/mol. The lowest BCUT2D eigenvalue weighted by atomic mass is 9.41. The van der Waals surface area contributed by atoms with E-state index in [1.165, 1.54) is 0 Å². The van der Waals surface area contributed by atoms with Crippen LogP contribution in [0.25, 0.3) is 0 Å². The number of hydrogen-bond acceptors (Lipinski definition) is 14. The Hall–Kier alpha value is -0.560. The molecule has 0 aromatic rings. The Balaban J connectivity index is 1.11. The fraction of sp³-hybridized carbons (Fsp3) is 1.00. The third-order valence-corrected chi connectivity index (χ3v) is 13.8. The highest BCUT2D eigenvalue weighted by Crippen LogP contribution is 2.69. The molecule has 272 valence electrons. The standard InChI is InChI=1S/C33H56O14/c1-13(35)17-8-10-33(43)18-6-5-15-11-16(7-9-31(15,3)20(18)22(37)28(42)32(17,33)4)45-29-26(41)24(39)27(14(2)44-29)47-30-25(40)23(38)21(36)19(12-34)46-30/h13-30,34-43H,5-12H2,1-4H3/t13-,14-,15?,16-,17+,18+,19+,20+,21+,22-,23-,24-,25+,26-,27+,28+,29-,30+,31-,32-,33-/m0/s1. The summed E-state index contributed by atoms with van der Waals surface area (Å²) in [5.41, 5.74) is -2.63. The van der Waals surface area contributed by atoms with Crippen molar-refractivity contribution in [2.45, 2.75) is 164 Å². The molecule has 2 heterocycles. The Morgan fingerprint density at radius 1 is 0.787 bits per heavy atom. The molecule has 0 aromatic heterocycles. The van der Waals surface area contributed by atoms with Crippen LogP contribution in [-0.2, 0) is 18.9 Å². The van der Waals surface area contributed by atoms with Crippen LogP contribution in [0, 0.1) is 34.5 Å². The lowest BCUT2D eigenvalue weighted by Gasteiger charge is -2.66. The van der Waals surface area contributed by atoms with E-state index in [0.717, 1.165) is 6.42 Å². The minimum atomic E-state index is -1.68. The molecular weight excluding hydrogens is 620 g/mol. The number of hydrogen-bond donors (Lipinski definition) is 10. The summed E-state index contributed by atoms with van der Waals surface area (Å²) in [6, 6.07) is 0. The fourth-order valence-corrected chi connectivity index (χ4v) is 11.0. The SMILES string of the molecule is C[C@H](O)[C@H]1CC[C@]2(O)[C@@H]3CCC4C[C@@H](O[C@@H]5O[C@@H](C)[C@@H](O[C@H]6O[C@H](CO)[C@@H](O)[C@H](O)[C@H]6O)[C@@H](O)[C@@H]5O)CC[C@]4(C)[C@H]3[C@H](O)[C@@H](O)[C@]12C. The summed E-state index contributed by atoms with van der Waals surface area (Å²) in [7, 11) is 0. The van der Waals surface area contributed by atoms with Gasteiger partial charge in [-0.2, -0.15) is 0 Å². The molecule has 14 heteroatoms. The van der Waals surface area contributed by atoms with Crippen molar-refractivity contribution >= 4 is 0 Å². The molecule has 1 unspecified atom stereocenters. The van der Waals surface area contributed by atoms with Crippen LogP contribution in [0.5, 0.6) is 0 Å². The van der Waals surface area contributed by atoms with Crippen LogP contribution in [0.4, 0.5) is 0 Å². The third-order valence-electron chi connectivity index (χ3n) is 13.8. The second-order valence-corrected chi connectivity index (χ2v) is 16.0. The van der Waals surface area contributed by atoms with Gasteiger partial charge in [0, 0.05) is 5.41 Å². The third kappa shape index (κ3) is 5.45. The summed E-state index contributed by atoms with van der Waals surface area (Å²) in [6.45, 7) is 6.59. The first kappa shape index (κ1) is 36.2. The van der Waals surface area contributed by atoms with Crippen molar-refractivity contribution in [3.05, 3.63) is 0 Å². The van der Waals surface area contributed by atoms with Crippen molar-refractivity contribution in [1.82, 2.24) is 0 Å². The molecule has 14 nitrogen and oxygen atoms in total. The largest absolute Gasteiger partial charge is 0.394 e. The highest BCUT2D eigenvalue weighted by Gasteiger charge is 2.73. The summed E-state index contributed by atoms with van der Waals surface area (Å²) in [5.74, 6) is -0.804. The van der Waals surface area contributed by atoms with Gasteiger partial charge >= 0.3 is 0 Å². The van der Waals surface area contributed by atoms with Gasteiger partial charge in [-0.3, -0.25) is 0 Å². The molecule has 0 bridgehead atoms. The Labute approximate surface area is 275 Å². The maximum absolute atomic E-state index is 12.3. The molecule has 0 aromatic carbocycles. The minimum absolute atomic E-state index is 0.0941. The van der Waals surface area contributed by atoms with Crippen molar-refractivity contribution in [2.24, 2.45) is 34.5 Å². The van der Waals surface area contributed by atoms with Crippen LogP contribution in [0.2, 0.25) is 0 Å². The van der Waals surface area contributed by atoms with Crippen molar-refractivity contribution < 1.29 is 70.0 Å². The summed E-state index contributed by atoms with van der Waals surface area (Å²) < 4.78 is 23.4. The van der Waals surface area contributed by atoms with Crippen LogP contribution in [0.3, 0.4) is 0 Å². The van der Waals surface area contributed by atoms with Gasteiger partial charge in [0.25, 0.3) is 0 Å². The molecule has 4 saturated carbocycles. The summed E-state index contributed by atoms with van der Waals surface area (Å²) >= 11 is 0. The zero-order valence-corrected chi connectivity index (χ0v) is 27.7. The first-order valence-corrected chi connectivity index (χ1v) is 17.4. The Bertz CT molecular complexity index is 1110. The van der Waals surface area contributed by atoms with Crippen LogP contribution < -0.4 is 0 Å². The number of aliphatic hydroxyl groups is 10. The molecule has 6 aliphatic rings. The molecule has 21 atom stereocenters. The van der Waals surface area contributed by atoms with Gasteiger partial charge in [0.1, 0.15) is 42.7 Å². The lowest BCUT2D eigenvalue weighted by molar-refractivity contribution is -0.360. The van der Waals surface area contributed by atoms with E-state index in [9.17, 15) is 51.1 Å². The van der Waals surface area contributed by atoms with E-state index in [1.807, 2.05) is 6.92 Å². The van der Waals surface area contributed by atoms with Crippen LogP contribution in [0.1, 0.15) is 72.6 Å². The second kappa shape index (κ2) is 12.9. The molecule has 47 heavy (non-hydrogen) atoms. The molecular formula is C33H56O14. The molecule has 2 aliphatic heterocycles. The summed E-state index contributed by atoms with van der Waals surface area (Å²) in [6.07, 6.45) is -13.0. The fourth-order valence-electron chi connectivity index (χ4n) is 11.0. The number of fused-ring (bicyclic) bond motifs is 5. The molecule has 2 saturated heterocycles. The molecule has 6 fully saturated rings. The zero-order valence-electron chi connectivity index (χ0n) is 27.7. The molecule has 0 radical (unpaired) electrons. The van der Waals surface area contributed by atoms with Crippen molar-refractivity contribution in [2.75, 3.05) is 6.61 Å². The van der Waals surface area contributed by atoms with Crippen LogP contribution >= 0.6 is 0 Å². The van der Waals surface area contributed by atoms with Gasteiger partial charge in [-0.15, -0.1) is 0 Å². The van der Waals surface area contributed by atoms with Crippen molar-refractivity contribution in [3.63, 3.8) is 0 Å². The average molecular weight is 677 g/mol. The van der Waals surface area contributed by atoms with E-state index in [2.05, 4.69) is 6.92 Å². The highest BCUT2D eigenvalue weighted by atomic mass is 16.7. The monoisotopic (exact) mass is 676 g/mol. The highest BCUT2D eigenvalue weighted by molar-refractivity contribution is 5.22. The quantitative estimate of drug-likeness (QED) is 0.139. The van der Waals surface area contributed by atoms with Crippen molar-refractivity contribution in [3.8, 4) is 0 Å². The second-order valence-electron chi connectivity index (χ2n) is 16.0. The maximum atomic E-state index is 12.3. The van der Waals surface area contributed by atoms with Gasteiger partial charge in [-0.1, -0.05) is 13.8 Å². The van der Waals surface area contributed by atoms with Crippen molar-refractivity contribution in [1.29, 1.82) is 0 Å². The number of ether oxygens (including phenoxy) is 4. The Kier molecular flexibility index (Phi) is 9.94. The Morgan fingerprint density at radius 3 is 2.11 bits per heavy atom. The van der Waals surface area contributed by atoms with E-state index >= 15 is 0 Å². The van der Waals surface area contributed by atoms with E-state index in [-0.39, 0.29) is 29.8 Å². The molecule has 0 spiro atoms. The molecule has 4 aliphatic carbocycles. The van der Waals surface area contributed by atoms with E-state index in [1.54, 1.807) is 13.8 Å². The molecule has 6 rings (SSSR count). The topological polar surface area (TPSA) is 239 Å². The van der Waals surface area contributed by atoms with E-state index in [4.69, 9.17) is 18.9 Å². The van der Waals surface area contributed by atoms with Gasteiger partial charge in [-0.25, -0.2) is 0 Å². The average Bonchev–Trinajstić information content (AvgIpc) is 3.32. The maximum Gasteiger partial charge on any atom is 0.187 e. The summed E-state index contributed by atoms with van der Waals surface area (Å²) in [4.78, 5) is 0. The Morgan fingerprint density at radius 2 is 1.45 bits per heavy atom. The predicted octanol–water partition coefficient (Wildman–Crippen LogP) is -1.88. The van der Waals surface area contributed by atoms with Gasteiger partial charge < -0.3 is 70.0 Å². The first-order chi connectivity index (χ1) is 22.0. The van der Waals surface area contributed by atoms with Gasteiger partial charge in [0.2, 0.25) is 0 Å².